The number of aliphatic hydroxyl groups is 2. The minimum Gasteiger partial charge on any atom is -0.466 e. The van der Waals surface area contributed by atoms with E-state index in [4.69, 9.17) is 4.74 Å². The summed E-state index contributed by atoms with van der Waals surface area (Å²) in [5.41, 5.74) is 0. The van der Waals surface area contributed by atoms with E-state index in [1.165, 1.54) is 327 Å². The average molecular weight is 1190 g/mol. The molecular formula is C79H149NO5. The number of esters is 1. The maximum Gasteiger partial charge on any atom is 0.305 e. The van der Waals surface area contributed by atoms with Gasteiger partial charge >= 0.3 is 5.97 Å². The van der Waals surface area contributed by atoms with Gasteiger partial charge in [-0.3, -0.25) is 9.59 Å². The minimum absolute atomic E-state index is 0.00627. The molecular weight excluding hydrogens is 1040 g/mol. The second-order valence-corrected chi connectivity index (χ2v) is 26.3. The molecule has 0 rings (SSSR count). The molecule has 0 aliphatic carbocycles. The van der Waals surface area contributed by atoms with Crippen LogP contribution in [0, 0.1) is 0 Å². The first-order valence-electron chi connectivity index (χ1n) is 38.4. The zero-order valence-corrected chi connectivity index (χ0v) is 57.4. The molecule has 500 valence electrons. The van der Waals surface area contributed by atoms with Gasteiger partial charge in [0.1, 0.15) is 0 Å². The van der Waals surface area contributed by atoms with Gasteiger partial charge in [-0.25, -0.2) is 0 Å². The van der Waals surface area contributed by atoms with Crippen molar-refractivity contribution >= 4 is 11.9 Å². The molecule has 6 nitrogen and oxygen atoms in total. The van der Waals surface area contributed by atoms with Gasteiger partial charge in [0.2, 0.25) is 5.91 Å². The van der Waals surface area contributed by atoms with Gasteiger partial charge in [0.05, 0.1) is 25.4 Å². The third-order valence-electron chi connectivity index (χ3n) is 17.9. The normalized spacial score (nSPS) is 12.8. The monoisotopic (exact) mass is 1190 g/mol. The van der Waals surface area contributed by atoms with Crippen LogP contribution in [0.1, 0.15) is 418 Å². The first-order valence-corrected chi connectivity index (χ1v) is 38.4. The number of carbonyl (C=O) groups excluding carboxylic acids is 2. The number of amides is 1. The SMILES string of the molecule is CCCCCC/C=C\C/C=C\CCCCCCCCCC(=O)OCCCCCCCCCCC/C=C\C/C=C\CCCCCCCCCCCCCCCCCC(=O)NC(CO)C(O)CCCCCCCCCCCCCCCCCCCCC. The Morgan fingerprint density at radius 3 is 0.906 bits per heavy atom. The summed E-state index contributed by atoms with van der Waals surface area (Å²) in [7, 11) is 0. The highest BCUT2D eigenvalue weighted by molar-refractivity contribution is 5.76. The Kier molecular flexibility index (Phi) is 72.4. The predicted octanol–water partition coefficient (Wildman–Crippen LogP) is 25.2. The molecule has 0 aromatic heterocycles. The highest BCUT2D eigenvalue weighted by atomic mass is 16.5. The lowest BCUT2D eigenvalue weighted by Crippen LogP contribution is -2.45. The molecule has 0 radical (unpaired) electrons. The quantitative estimate of drug-likeness (QED) is 0.0320. The number of aliphatic hydroxyl groups excluding tert-OH is 2. The van der Waals surface area contributed by atoms with E-state index in [0.29, 0.717) is 25.9 Å². The highest BCUT2D eigenvalue weighted by Crippen LogP contribution is 2.19. The van der Waals surface area contributed by atoms with Gasteiger partial charge in [-0.2, -0.15) is 0 Å². The number of carbonyl (C=O) groups is 2. The fourth-order valence-corrected chi connectivity index (χ4v) is 12.0. The van der Waals surface area contributed by atoms with E-state index < -0.39 is 12.1 Å². The van der Waals surface area contributed by atoms with E-state index in [2.05, 4.69) is 67.8 Å². The lowest BCUT2D eigenvalue weighted by atomic mass is 10.0. The summed E-state index contributed by atoms with van der Waals surface area (Å²) in [6.07, 6.45) is 97.5. The van der Waals surface area contributed by atoms with E-state index in [9.17, 15) is 19.8 Å². The van der Waals surface area contributed by atoms with E-state index in [0.717, 1.165) is 57.8 Å². The van der Waals surface area contributed by atoms with Crippen LogP contribution in [0.4, 0.5) is 0 Å². The van der Waals surface area contributed by atoms with Crippen LogP contribution in [0.5, 0.6) is 0 Å². The van der Waals surface area contributed by atoms with Crippen LogP contribution in [-0.4, -0.2) is 47.4 Å². The van der Waals surface area contributed by atoms with Crippen molar-refractivity contribution in [2.45, 2.75) is 431 Å². The Hall–Kier alpha value is -2.18. The largest absolute Gasteiger partial charge is 0.466 e. The molecule has 0 fully saturated rings. The fraction of sp³-hybridized carbons (Fsp3) is 0.873. The molecule has 0 aromatic carbocycles. The standard InChI is InChI=1S/C79H149NO5/c1-3-5-7-9-11-13-15-17-19-21-36-39-43-47-51-55-59-63-67-71-77(82)76(75-81)80-78(83)72-68-64-60-56-52-48-44-40-37-34-32-30-28-26-24-23-25-27-29-31-33-35-38-42-46-50-54-58-62-66-70-74-85-79(84)73-69-65-61-57-53-49-45-41-22-20-18-16-14-12-10-8-6-4-2/h14,16,20,22,25,27,31,33,76-77,81-82H,3-13,15,17-19,21,23-24,26,28-30,32,34-75H2,1-2H3,(H,80,83)/b16-14-,22-20-,27-25-,33-31-. The van der Waals surface area contributed by atoms with E-state index in [1.807, 2.05) is 0 Å². The van der Waals surface area contributed by atoms with Gasteiger partial charge in [0.25, 0.3) is 0 Å². The number of unbranched alkanes of at least 4 members (excludes halogenated alkanes) is 53. The van der Waals surface area contributed by atoms with Crippen molar-refractivity contribution < 1.29 is 24.5 Å². The minimum atomic E-state index is -0.665. The topological polar surface area (TPSA) is 95.9 Å². The molecule has 0 spiro atoms. The van der Waals surface area contributed by atoms with Crippen molar-refractivity contribution in [3.63, 3.8) is 0 Å². The van der Waals surface area contributed by atoms with Crippen molar-refractivity contribution in [3.05, 3.63) is 48.6 Å². The molecule has 85 heavy (non-hydrogen) atoms. The molecule has 0 aliphatic rings. The van der Waals surface area contributed by atoms with Gasteiger partial charge in [-0.15, -0.1) is 0 Å². The number of nitrogens with one attached hydrogen (secondary N) is 1. The molecule has 0 bridgehead atoms. The molecule has 1 amide bonds. The molecule has 6 heteroatoms. The number of allylic oxidation sites excluding steroid dienone is 8. The average Bonchev–Trinajstić information content (AvgIpc) is 3.51. The zero-order chi connectivity index (χ0) is 61.3. The summed E-state index contributed by atoms with van der Waals surface area (Å²) in [6, 6.07) is -0.542. The third-order valence-corrected chi connectivity index (χ3v) is 17.9. The van der Waals surface area contributed by atoms with Crippen molar-refractivity contribution in [1.82, 2.24) is 5.32 Å². The zero-order valence-electron chi connectivity index (χ0n) is 57.4. The smallest absolute Gasteiger partial charge is 0.305 e. The lowest BCUT2D eigenvalue weighted by molar-refractivity contribution is -0.143. The Morgan fingerprint density at radius 2 is 0.588 bits per heavy atom. The Labute approximate surface area is 531 Å². The summed E-state index contributed by atoms with van der Waals surface area (Å²) in [5.74, 6) is -0.0243. The number of hydrogen-bond donors (Lipinski definition) is 3. The molecule has 2 atom stereocenters. The second kappa shape index (κ2) is 74.3. The third kappa shape index (κ3) is 70.8. The molecule has 0 aromatic rings. The summed E-state index contributed by atoms with van der Waals surface area (Å²) >= 11 is 0. The molecule has 0 heterocycles. The maximum absolute atomic E-state index is 12.5. The Bertz CT molecular complexity index is 1420. The molecule has 0 saturated heterocycles. The second-order valence-electron chi connectivity index (χ2n) is 26.3. The summed E-state index contributed by atoms with van der Waals surface area (Å²) in [6.45, 7) is 4.97. The van der Waals surface area contributed by atoms with Crippen LogP contribution in [0.25, 0.3) is 0 Å². The lowest BCUT2D eigenvalue weighted by Gasteiger charge is -2.22. The molecule has 2 unspecified atom stereocenters. The molecule has 0 saturated carbocycles. The number of ether oxygens (including phenoxy) is 1. The van der Waals surface area contributed by atoms with Crippen LogP contribution >= 0.6 is 0 Å². The first-order chi connectivity index (χ1) is 42.0. The van der Waals surface area contributed by atoms with Crippen LogP contribution < -0.4 is 5.32 Å². The van der Waals surface area contributed by atoms with Gasteiger partial charge in [-0.05, 0) is 89.9 Å². The van der Waals surface area contributed by atoms with Gasteiger partial charge in [0.15, 0.2) is 0 Å². The van der Waals surface area contributed by atoms with Crippen molar-refractivity contribution in [2.75, 3.05) is 13.2 Å². The number of hydrogen-bond acceptors (Lipinski definition) is 5. The van der Waals surface area contributed by atoms with Gasteiger partial charge in [0, 0.05) is 12.8 Å². The van der Waals surface area contributed by atoms with Crippen LogP contribution in [0.15, 0.2) is 48.6 Å². The summed E-state index contributed by atoms with van der Waals surface area (Å²) in [4.78, 5) is 24.7. The van der Waals surface area contributed by atoms with Crippen molar-refractivity contribution in [2.24, 2.45) is 0 Å². The maximum atomic E-state index is 12.5. The first kappa shape index (κ1) is 82.8. The van der Waals surface area contributed by atoms with Crippen LogP contribution in [0.2, 0.25) is 0 Å². The molecule has 0 aliphatic heterocycles. The van der Waals surface area contributed by atoms with Gasteiger partial charge in [-0.1, -0.05) is 364 Å². The summed E-state index contributed by atoms with van der Waals surface area (Å²) in [5, 5.41) is 23.4. The van der Waals surface area contributed by atoms with Crippen LogP contribution in [0.3, 0.4) is 0 Å². The van der Waals surface area contributed by atoms with Gasteiger partial charge < -0.3 is 20.3 Å². The highest BCUT2D eigenvalue weighted by Gasteiger charge is 2.20. The van der Waals surface area contributed by atoms with Crippen molar-refractivity contribution in [3.8, 4) is 0 Å². The Morgan fingerprint density at radius 1 is 0.329 bits per heavy atom. The van der Waals surface area contributed by atoms with Crippen LogP contribution in [-0.2, 0) is 14.3 Å². The predicted molar refractivity (Wildman–Crippen MR) is 375 cm³/mol. The van der Waals surface area contributed by atoms with E-state index >= 15 is 0 Å². The number of rotatable bonds is 72. The summed E-state index contributed by atoms with van der Waals surface area (Å²) < 4.78 is 5.50. The molecule has 3 N–H and O–H groups in total. The van der Waals surface area contributed by atoms with E-state index in [1.54, 1.807) is 0 Å². The van der Waals surface area contributed by atoms with Crippen molar-refractivity contribution in [1.29, 1.82) is 0 Å². The van der Waals surface area contributed by atoms with E-state index in [-0.39, 0.29) is 18.5 Å². The Balaban J connectivity index is 3.39. The fourth-order valence-electron chi connectivity index (χ4n) is 12.0.